The Morgan fingerprint density at radius 1 is 1.30 bits per heavy atom. The second-order valence-corrected chi connectivity index (χ2v) is 11.0. The highest BCUT2D eigenvalue weighted by atomic mass is 32.2. The van der Waals surface area contributed by atoms with Crippen LogP contribution in [0.4, 0.5) is 5.13 Å². The summed E-state index contributed by atoms with van der Waals surface area (Å²) in [4.78, 5) is 79.3. The summed E-state index contributed by atoms with van der Waals surface area (Å²) in [6.45, 7) is 0. The zero-order valence-electron chi connectivity index (χ0n) is 20.1. The maximum atomic E-state index is 13.0. The van der Waals surface area contributed by atoms with Crippen molar-refractivity contribution in [1.82, 2.24) is 34.8 Å². The molecule has 0 bridgehead atoms. The van der Waals surface area contributed by atoms with Crippen LogP contribution in [-0.2, 0) is 19.2 Å². The van der Waals surface area contributed by atoms with Gasteiger partial charge in [0.25, 0.3) is 23.2 Å². The number of fused-ring (bicyclic) bond motifs is 2. The van der Waals surface area contributed by atoms with E-state index in [0.29, 0.717) is 5.57 Å². The Bertz CT molecular complexity index is 1690. The maximum Gasteiger partial charge on any atom is 0.352 e. The van der Waals surface area contributed by atoms with Crippen LogP contribution in [-0.4, -0.2) is 99.2 Å². The largest absolute Gasteiger partial charge is 0.477 e. The van der Waals surface area contributed by atoms with Crippen LogP contribution < -0.4 is 16.6 Å². The van der Waals surface area contributed by atoms with E-state index >= 15 is 0 Å². The number of aromatic carboxylic acids is 1. The average molecular weight is 608 g/mol. The molecule has 1 fully saturated rings. The topological polar surface area (TPSA) is 248 Å². The van der Waals surface area contributed by atoms with Crippen molar-refractivity contribution in [3.05, 3.63) is 44.5 Å². The Morgan fingerprint density at radius 2 is 2.08 bits per heavy atom. The van der Waals surface area contributed by atoms with Crippen LogP contribution in [0.15, 0.2) is 38.0 Å². The minimum atomic E-state index is -1.44. The Balaban J connectivity index is 1.32. The lowest BCUT2D eigenvalue weighted by Crippen LogP contribution is -2.71. The van der Waals surface area contributed by atoms with Crippen LogP contribution in [0, 0.1) is 0 Å². The van der Waals surface area contributed by atoms with E-state index in [4.69, 9.17) is 15.7 Å². The lowest BCUT2D eigenvalue weighted by atomic mass is 10.0. The fraction of sp³-hybridized carbons (Fsp3) is 0.250. The summed E-state index contributed by atoms with van der Waals surface area (Å²) in [7, 11) is 1.24. The lowest BCUT2D eigenvalue weighted by Gasteiger charge is -2.49. The number of thiazole rings is 1. The Kier molecular flexibility index (Phi) is 7.21. The molecular weight excluding hydrogens is 590 g/mol. The van der Waals surface area contributed by atoms with Gasteiger partial charge >= 0.3 is 11.9 Å². The third kappa shape index (κ3) is 4.75. The lowest BCUT2D eigenvalue weighted by molar-refractivity contribution is -0.150. The quantitative estimate of drug-likeness (QED) is 0.0850. The normalized spacial score (nSPS) is 18.9. The first-order valence-electron chi connectivity index (χ1n) is 11.0. The van der Waals surface area contributed by atoms with E-state index in [2.05, 4.69) is 30.5 Å². The number of nitrogens with two attached hydrogens (primary N) is 1. The molecule has 0 aromatic carbocycles. The highest BCUT2D eigenvalue weighted by Gasteiger charge is 2.54. The molecule has 5 rings (SSSR count). The minimum Gasteiger partial charge on any atom is -0.477 e. The van der Waals surface area contributed by atoms with Crippen molar-refractivity contribution in [2.75, 3.05) is 24.3 Å². The highest BCUT2D eigenvalue weighted by molar-refractivity contribution is 8.01. The molecule has 2 atom stereocenters. The number of thioether (sulfide) groups is 2. The van der Waals surface area contributed by atoms with Crippen LogP contribution >= 0.6 is 34.9 Å². The molecule has 3 aromatic heterocycles. The molecule has 3 aromatic rings. The molecule has 2 aliphatic rings. The number of carboxylic acid groups (broad SMARTS) is 2. The number of aliphatic carboxylic acids is 1. The predicted molar refractivity (Wildman–Crippen MR) is 141 cm³/mol. The van der Waals surface area contributed by atoms with Gasteiger partial charge in [0.1, 0.15) is 35.5 Å². The van der Waals surface area contributed by atoms with Gasteiger partial charge in [0.2, 0.25) is 0 Å². The molecule has 6 N–H and O–H groups in total. The van der Waals surface area contributed by atoms with Gasteiger partial charge in [-0.15, -0.1) is 23.1 Å². The SMILES string of the molecule is CON=C(C(=O)N[C@@H]1C(=O)N2C(C(=O)O)=C(CSc3nc4ncc(C(=O)O)c(=O)n4[nH]3)CS[C@H]12)c1csc(N)n1. The van der Waals surface area contributed by atoms with Gasteiger partial charge in [-0.1, -0.05) is 16.9 Å². The average Bonchev–Trinajstić information content (AvgIpc) is 3.54. The van der Waals surface area contributed by atoms with Gasteiger partial charge in [0.15, 0.2) is 16.0 Å². The molecule has 40 heavy (non-hydrogen) atoms. The van der Waals surface area contributed by atoms with Crippen LogP contribution in [0.2, 0.25) is 0 Å². The summed E-state index contributed by atoms with van der Waals surface area (Å²) in [5.74, 6) is -3.89. The fourth-order valence-corrected chi connectivity index (χ4v) is 6.78. The molecule has 5 heterocycles. The number of hydrogen-bond acceptors (Lipinski definition) is 14. The van der Waals surface area contributed by atoms with Crippen molar-refractivity contribution in [3.63, 3.8) is 0 Å². The van der Waals surface area contributed by atoms with Crippen molar-refractivity contribution in [1.29, 1.82) is 0 Å². The molecule has 2 aliphatic heterocycles. The smallest absolute Gasteiger partial charge is 0.352 e. The predicted octanol–water partition coefficient (Wildman–Crippen LogP) is -0.964. The zero-order valence-corrected chi connectivity index (χ0v) is 22.5. The van der Waals surface area contributed by atoms with Crippen LogP contribution in [0.3, 0.4) is 0 Å². The van der Waals surface area contributed by atoms with E-state index in [-0.39, 0.29) is 44.7 Å². The number of aromatic nitrogens is 5. The molecule has 17 nitrogen and oxygen atoms in total. The van der Waals surface area contributed by atoms with Crippen molar-refractivity contribution in [2.45, 2.75) is 16.6 Å². The second-order valence-electron chi connectivity index (χ2n) is 8.05. The van der Waals surface area contributed by atoms with Crippen LogP contribution in [0.5, 0.6) is 0 Å². The number of H-pyrrole nitrogens is 1. The standard InChI is InChI=1S/C20H17N9O8S3/c1-37-27-9(8-5-39-18(21)23-8)12(30)24-10-14(32)28-11(17(35)36)6(3-38-15(10)28)4-40-20-25-19-22-2-7(16(33)34)13(31)29(19)26-20/h2,5,10,15H,3-4H2,1H3,(H2,21,23)(H,24,30)(H,33,34)(H,35,36)(H,22,25,26)/t10-,15-/m1/s1. The molecule has 0 aliphatic carbocycles. The van der Waals surface area contributed by atoms with Gasteiger partial charge in [-0.2, -0.15) is 9.50 Å². The number of carbonyl (C=O) groups is 4. The number of nitrogens with zero attached hydrogens (tertiary/aromatic N) is 6. The number of carbonyl (C=O) groups excluding carboxylic acids is 2. The molecule has 0 spiro atoms. The summed E-state index contributed by atoms with van der Waals surface area (Å²) in [5.41, 5.74) is 4.39. The third-order valence-corrected chi connectivity index (χ3v) is 8.63. The third-order valence-electron chi connectivity index (χ3n) is 5.66. The summed E-state index contributed by atoms with van der Waals surface area (Å²) in [5, 5.41) is 29.1. The van der Waals surface area contributed by atoms with Gasteiger partial charge in [0, 0.05) is 16.9 Å². The van der Waals surface area contributed by atoms with E-state index < -0.39 is 46.3 Å². The summed E-state index contributed by atoms with van der Waals surface area (Å²) < 4.78 is 0.872. The number of β-lactam (4-membered cyclic amide) rings is 1. The summed E-state index contributed by atoms with van der Waals surface area (Å²) in [6.07, 6.45) is 0.902. The number of anilines is 1. The molecular formula is C20H17N9O8S3. The van der Waals surface area contributed by atoms with E-state index in [1.54, 1.807) is 0 Å². The monoisotopic (exact) mass is 607 g/mol. The van der Waals surface area contributed by atoms with Crippen molar-refractivity contribution in [3.8, 4) is 0 Å². The number of nitrogens with one attached hydrogen (secondary N) is 2. The zero-order chi connectivity index (χ0) is 28.7. The number of amides is 2. The Hall–Kier alpha value is -4.43. The van der Waals surface area contributed by atoms with E-state index in [1.807, 2.05) is 0 Å². The van der Waals surface area contributed by atoms with Crippen molar-refractivity contribution >= 4 is 75.2 Å². The van der Waals surface area contributed by atoms with Gasteiger partial charge < -0.3 is 26.1 Å². The molecule has 0 saturated carbocycles. The van der Waals surface area contributed by atoms with Gasteiger partial charge in [-0.25, -0.2) is 19.6 Å². The molecule has 20 heteroatoms. The molecule has 2 amide bonds. The second kappa shape index (κ2) is 10.6. The number of aromatic amines is 1. The van der Waals surface area contributed by atoms with E-state index in [9.17, 15) is 29.1 Å². The first kappa shape index (κ1) is 27.1. The first-order valence-corrected chi connectivity index (χ1v) is 13.9. The van der Waals surface area contributed by atoms with Gasteiger partial charge in [-0.3, -0.25) is 24.4 Å². The van der Waals surface area contributed by atoms with Crippen molar-refractivity contribution in [2.24, 2.45) is 5.16 Å². The van der Waals surface area contributed by atoms with E-state index in [0.717, 1.165) is 38.7 Å². The first-order chi connectivity index (χ1) is 19.1. The number of hydrogen-bond donors (Lipinski definition) is 5. The van der Waals surface area contributed by atoms with Crippen LogP contribution in [0.25, 0.3) is 5.78 Å². The summed E-state index contributed by atoms with van der Waals surface area (Å²) in [6, 6.07) is -1.02. The Morgan fingerprint density at radius 3 is 2.73 bits per heavy atom. The van der Waals surface area contributed by atoms with Crippen molar-refractivity contribution < 1.29 is 34.2 Å². The summed E-state index contributed by atoms with van der Waals surface area (Å²) >= 11 is 3.39. The number of oxime groups is 1. The molecule has 0 unspecified atom stereocenters. The minimum absolute atomic E-state index is 0.0590. The number of carboxylic acids is 2. The number of nitrogen functional groups attached to an aromatic ring is 1. The Labute approximate surface area is 234 Å². The fourth-order valence-electron chi connectivity index (χ4n) is 3.90. The number of rotatable bonds is 9. The van der Waals surface area contributed by atoms with E-state index in [1.165, 1.54) is 24.3 Å². The van der Waals surface area contributed by atoms with Gasteiger partial charge in [0.05, 0.1) is 6.20 Å². The highest BCUT2D eigenvalue weighted by Crippen LogP contribution is 2.41. The molecule has 208 valence electrons. The molecule has 1 saturated heterocycles. The maximum absolute atomic E-state index is 13.0. The van der Waals surface area contributed by atoms with Crippen LogP contribution in [0.1, 0.15) is 16.1 Å². The van der Waals surface area contributed by atoms with Gasteiger partial charge in [-0.05, 0) is 5.57 Å². The molecule has 0 radical (unpaired) electrons.